The molecule has 196 valence electrons. The molecule has 0 radical (unpaired) electrons. The fourth-order valence-electron chi connectivity index (χ4n) is 3.77. The van der Waals surface area contributed by atoms with Crippen LogP contribution in [0.4, 0.5) is 0 Å². The summed E-state index contributed by atoms with van der Waals surface area (Å²) in [6, 6.07) is 23.0. The highest BCUT2D eigenvalue weighted by Crippen LogP contribution is 2.31. The lowest BCUT2D eigenvalue weighted by Gasteiger charge is -2.25. The van der Waals surface area contributed by atoms with Gasteiger partial charge >= 0.3 is 22.1 Å². The first kappa shape index (κ1) is 27.9. The molecule has 3 aromatic carbocycles. The van der Waals surface area contributed by atoms with Gasteiger partial charge < -0.3 is 19.4 Å². The molecule has 0 heterocycles. The Morgan fingerprint density at radius 1 is 0.865 bits per heavy atom. The van der Waals surface area contributed by atoms with E-state index in [1.807, 2.05) is 30.3 Å². The van der Waals surface area contributed by atoms with Crippen molar-refractivity contribution in [2.45, 2.75) is 43.8 Å². The predicted molar refractivity (Wildman–Crippen MR) is 138 cm³/mol. The molecule has 3 rings (SSSR count). The SMILES string of the molecule is CC(C)OC(=O)CC(CN)C(C(=O)OCc1ccccc1)c1ccc(OS(=O)(=O)c2ccccc2)cc1. The first-order chi connectivity index (χ1) is 17.7. The zero-order chi connectivity index (χ0) is 26.8. The molecule has 2 atom stereocenters. The van der Waals surface area contributed by atoms with E-state index < -0.39 is 33.9 Å². The lowest BCUT2D eigenvalue weighted by atomic mass is 9.83. The van der Waals surface area contributed by atoms with Crippen LogP contribution in [0.15, 0.2) is 89.8 Å². The van der Waals surface area contributed by atoms with Crippen LogP contribution < -0.4 is 9.92 Å². The van der Waals surface area contributed by atoms with Crippen LogP contribution in [0.2, 0.25) is 0 Å². The Kier molecular flexibility index (Phi) is 9.82. The molecule has 8 nitrogen and oxygen atoms in total. The van der Waals surface area contributed by atoms with Crippen molar-refractivity contribution in [2.75, 3.05) is 6.54 Å². The molecule has 0 bridgehead atoms. The molecule has 0 amide bonds. The van der Waals surface area contributed by atoms with E-state index in [9.17, 15) is 18.0 Å². The summed E-state index contributed by atoms with van der Waals surface area (Å²) >= 11 is 0. The van der Waals surface area contributed by atoms with Crippen molar-refractivity contribution in [2.24, 2.45) is 11.7 Å². The number of hydrogen-bond acceptors (Lipinski definition) is 8. The molecule has 0 aliphatic carbocycles. The quantitative estimate of drug-likeness (QED) is 0.276. The van der Waals surface area contributed by atoms with Crippen molar-refractivity contribution in [3.05, 3.63) is 96.1 Å². The predicted octanol–water partition coefficient (Wildman–Crippen LogP) is 4.20. The van der Waals surface area contributed by atoms with Crippen LogP contribution in [0.25, 0.3) is 0 Å². The van der Waals surface area contributed by atoms with Gasteiger partial charge in [-0.3, -0.25) is 9.59 Å². The van der Waals surface area contributed by atoms with Crippen LogP contribution in [-0.2, 0) is 35.8 Å². The topological polar surface area (TPSA) is 122 Å². The number of carbonyl (C=O) groups is 2. The van der Waals surface area contributed by atoms with E-state index in [0.717, 1.165) is 5.56 Å². The van der Waals surface area contributed by atoms with Crippen LogP contribution in [-0.4, -0.2) is 33.0 Å². The zero-order valence-electron chi connectivity index (χ0n) is 20.8. The maximum Gasteiger partial charge on any atom is 0.339 e. The summed E-state index contributed by atoms with van der Waals surface area (Å²) in [5.74, 6) is -2.43. The lowest BCUT2D eigenvalue weighted by Crippen LogP contribution is -2.32. The molecule has 0 saturated carbocycles. The largest absolute Gasteiger partial charge is 0.463 e. The minimum absolute atomic E-state index is 0.0216. The number of benzene rings is 3. The number of esters is 2. The minimum Gasteiger partial charge on any atom is -0.463 e. The van der Waals surface area contributed by atoms with Gasteiger partial charge in [-0.15, -0.1) is 0 Å². The van der Waals surface area contributed by atoms with Crippen molar-refractivity contribution in [1.82, 2.24) is 0 Å². The van der Waals surface area contributed by atoms with Gasteiger partial charge in [0, 0.05) is 0 Å². The van der Waals surface area contributed by atoms with Crippen LogP contribution in [0.1, 0.15) is 37.3 Å². The fourth-order valence-corrected chi connectivity index (χ4v) is 4.73. The Morgan fingerprint density at radius 3 is 2.03 bits per heavy atom. The zero-order valence-corrected chi connectivity index (χ0v) is 21.6. The van der Waals surface area contributed by atoms with Gasteiger partial charge in [0.05, 0.1) is 18.4 Å². The van der Waals surface area contributed by atoms with Gasteiger partial charge in [-0.25, -0.2) is 0 Å². The molecule has 0 spiro atoms. The number of carbonyl (C=O) groups excluding carboxylic acids is 2. The maximum atomic E-state index is 13.3. The van der Waals surface area contributed by atoms with Crippen LogP contribution in [0.5, 0.6) is 5.75 Å². The third-order valence-corrected chi connectivity index (χ3v) is 6.79. The maximum absolute atomic E-state index is 13.3. The third kappa shape index (κ3) is 8.16. The molecule has 0 saturated heterocycles. The molecule has 9 heteroatoms. The molecule has 2 unspecified atom stereocenters. The summed E-state index contributed by atoms with van der Waals surface area (Å²) in [5, 5.41) is 0. The van der Waals surface area contributed by atoms with E-state index in [1.165, 1.54) is 24.3 Å². The van der Waals surface area contributed by atoms with Gasteiger partial charge in [-0.05, 0) is 61.7 Å². The summed E-state index contributed by atoms with van der Waals surface area (Å²) in [6.45, 7) is 3.56. The van der Waals surface area contributed by atoms with Gasteiger partial charge in [0.25, 0.3) is 0 Å². The molecule has 0 aliphatic heterocycles. The van der Waals surface area contributed by atoms with E-state index in [2.05, 4.69) is 0 Å². The second-order valence-electron chi connectivity index (χ2n) is 8.73. The van der Waals surface area contributed by atoms with Crippen molar-refractivity contribution in [3.63, 3.8) is 0 Å². The van der Waals surface area contributed by atoms with E-state index >= 15 is 0 Å². The standard InChI is InChI=1S/C28H31NO7S/c1-20(2)35-26(30)17-23(18-29)27(28(31)34-19-21-9-5-3-6-10-21)22-13-15-24(16-14-22)36-37(32,33)25-11-7-4-8-12-25/h3-16,20,23,27H,17-19,29H2,1-2H3. The van der Waals surface area contributed by atoms with E-state index in [1.54, 1.807) is 44.2 Å². The second-order valence-corrected chi connectivity index (χ2v) is 10.3. The number of hydrogen-bond donors (Lipinski definition) is 1. The van der Waals surface area contributed by atoms with Crippen molar-refractivity contribution < 1.29 is 31.7 Å². The first-order valence-corrected chi connectivity index (χ1v) is 13.3. The Bertz CT molecular complexity index is 1260. The molecule has 2 N–H and O–H groups in total. The molecule has 0 aliphatic rings. The Hall–Kier alpha value is -3.69. The molecular weight excluding hydrogens is 494 g/mol. The minimum atomic E-state index is -4.02. The molecule has 0 aromatic heterocycles. The monoisotopic (exact) mass is 525 g/mol. The Balaban J connectivity index is 1.83. The summed E-state index contributed by atoms with van der Waals surface area (Å²) in [4.78, 5) is 25.7. The van der Waals surface area contributed by atoms with Gasteiger partial charge in [-0.1, -0.05) is 60.7 Å². The van der Waals surface area contributed by atoms with Gasteiger partial charge in [0.15, 0.2) is 0 Å². The molecule has 0 fully saturated rings. The van der Waals surface area contributed by atoms with Gasteiger partial charge in [0.2, 0.25) is 0 Å². The number of nitrogens with two attached hydrogens (primary N) is 1. The van der Waals surface area contributed by atoms with E-state index in [4.69, 9.17) is 19.4 Å². The van der Waals surface area contributed by atoms with Crippen molar-refractivity contribution >= 4 is 22.1 Å². The normalized spacial score (nSPS) is 13.0. The highest BCUT2D eigenvalue weighted by atomic mass is 32.2. The number of ether oxygens (including phenoxy) is 2. The number of rotatable bonds is 12. The summed E-state index contributed by atoms with van der Waals surface area (Å²) in [7, 11) is -4.02. The summed E-state index contributed by atoms with van der Waals surface area (Å²) in [5.41, 5.74) is 7.32. The smallest absolute Gasteiger partial charge is 0.339 e. The first-order valence-electron chi connectivity index (χ1n) is 11.9. The summed E-state index contributed by atoms with van der Waals surface area (Å²) in [6.07, 6.45) is -0.391. The van der Waals surface area contributed by atoms with E-state index in [0.29, 0.717) is 5.56 Å². The van der Waals surface area contributed by atoms with Crippen LogP contribution in [0, 0.1) is 5.92 Å². The van der Waals surface area contributed by atoms with Gasteiger partial charge in [0.1, 0.15) is 17.3 Å². The Morgan fingerprint density at radius 2 is 1.46 bits per heavy atom. The lowest BCUT2D eigenvalue weighted by molar-refractivity contribution is -0.151. The highest BCUT2D eigenvalue weighted by Gasteiger charge is 2.33. The molecule has 37 heavy (non-hydrogen) atoms. The third-order valence-electron chi connectivity index (χ3n) is 5.53. The van der Waals surface area contributed by atoms with Crippen LogP contribution in [0.3, 0.4) is 0 Å². The van der Waals surface area contributed by atoms with Crippen LogP contribution >= 0.6 is 0 Å². The molecular formula is C28H31NO7S. The average molecular weight is 526 g/mol. The highest BCUT2D eigenvalue weighted by molar-refractivity contribution is 7.87. The van der Waals surface area contributed by atoms with Crippen molar-refractivity contribution in [1.29, 1.82) is 0 Å². The van der Waals surface area contributed by atoms with E-state index in [-0.39, 0.29) is 36.3 Å². The Labute approximate surface area is 217 Å². The summed E-state index contributed by atoms with van der Waals surface area (Å²) < 4.78 is 41.2. The molecule has 3 aromatic rings. The second kappa shape index (κ2) is 13.0. The average Bonchev–Trinajstić information content (AvgIpc) is 2.88. The fraction of sp³-hybridized carbons (Fsp3) is 0.286. The van der Waals surface area contributed by atoms with Crippen molar-refractivity contribution in [3.8, 4) is 5.75 Å². The van der Waals surface area contributed by atoms with Gasteiger partial charge in [-0.2, -0.15) is 8.42 Å².